The smallest absolute Gasteiger partial charge is 0.347 e. The molecule has 5 nitrogen and oxygen atoms in total. The largest absolute Gasteiger partial charge is 0.609 e. The summed E-state index contributed by atoms with van der Waals surface area (Å²) in [6.07, 6.45) is 3.12. The third-order valence-electron chi connectivity index (χ3n) is 2.79. The maximum Gasteiger partial charge on any atom is 0.347 e. The number of nitrogens with zero attached hydrogens (tertiary/aromatic N) is 3. The normalized spacial score (nSPS) is 13.0. The van der Waals surface area contributed by atoms with E-state index in [-0.39, 0.29) is 16.2 Å². The second kappa shape index (κ2) is 4.48. The first-order valence-corrected chi connectivity index (χ1v) is 7.32. The lowest BCUT2D eigenvalue weighted by molar-refractivity contribution is 0.590. The highest BCUT2D eigenvalue weighted by molar-refractivity contribution is 7.90. The molecule has 0 aliphatic heterocycles. The summed E-state index contributed by atoms with van der Waals surface area (Å²) in [6.45, 7) is 0. The van der Waals surface area contributed by atoms with E-state index in [4.69, 9.17) is 11.6 Å². The molecule has 0 fully saturated rings. The first-order valence-electron chi connectivity index (χ1n) is 5.38. The van der Waals surface area contributed by atoms with E-state index in [0.717, 1.165) is 0 Å². The minimum Gasteiger partial charge on any atom is -0.609 e. The van der Waals surface area contributed by atoms with Crippen LogP contribution in [0.4, 0.5) is 0 Å². The monoisotopic (exact) mass is 293 g/mol. The summed E-state index contributed by atoms with van der Waals surface area (Å²) in [5.41, 5.74) is -0.108. The van der Waals surface area contributed by atoms with Crippen molar-refractivity contribution in [1.29, 1.82) is 0 Å². The minimum absolute atomic E-state index is 0.155. The Hall–Kier alpha value is -1.63. The van der Waals surface area contributed by atoms with Crippen LogP contribution < -0.4 is 5.43 Å². The van der Waals surface area contributed by atoms with Crippen molar-refractivity contribution in [3.05, 3.63) is 45.7 Å². The van der Waals surface area contributed by atoms with E-state index in [1.165, 1.54) is 10.7 Å². The van der Waals surface area contributed by atoms with Crippen molar-refractivity contribution in [2.24, 2.45) is 0 Å². The van der Waals surface area contributed by atoms with E-state index in [9.17, 15) is 9.35 Å². The highest BCUT2D eigenvalue weighted by atomic mass is 35.5. The zero-order valence-corrected chi connectivity index (χ0v) is 11.4. The molecule has 0 radical (unpaired) electrons. The molecule has 1 unspecified atom stereocenters. The van der Waals surface area contributed by atoms with Crippen molar-refractivity contribution in [3.8, 4) is 0 Å². The van der Waals surface area contributed by atoms with E-state index >= 15 is 0 Å². The fourth-order valence-corrected chi connectivity index (χ4v) is 2.68. The average molecular weight is 294 g/mol. The van der Waals surface area contributed by atoms with Gasteiger partial charge in [0.2, 0.25) is 11.1 Å². The van der Waals surface area contributed by atoms with Gasteiger partial charge in [0, 0.05) is 27.8 Å². The van der Waals surface area contributed by atoms with E-state index in [1.807, 2.05) is 0 Å². The quantitative estimate of drug-likeness (QED) is 0.640. The Labute approximate surface area is 116 Å². The van der Waals surface area contributed by atoms with Crippen molar-refractivity contribution in [1.82, 2.24) is 14.6 Å². The average Bonchev–Trinajstić information content (AvgIpc) is 2.74. The van der Waals surface area contributed by atoms with Crippen molar-refractivity contribution < 1.29 is 4.55 Å². The van der Waals surface area contributed by atoms with Crippen LogP contribution in [0.2, 0.25) is 5.02 Å². The van der Waals surface area contributed by atoms with Gasteiger partial charge in [0.1, 0.15) is 6.26 Å². The van der Waals surface area contributed by atoms with Crippen molar-refractivity contribution >= 4 is 39.2 Å². The standard InChI is InChI=1S/C12H8ClN3O2S/c1-19(18)12-15-14-11-10(17)9-3-2-8(13)6-7(9)4-5-16(11)12/h2-6H,1H3. The van der Waals surface area contributed by atoms with Crippen molar-refractivity contribution in [3.63, 3.8) is 0 Å². The second-order valence-electron chi connectivity index (χ2n) is 4.01. The molecular weight excluding hydrogens is 286 g/mol. The number of benzene rings is 1. The Kier molecular flexibility index (Phi) is 2.93. The van der Waals surface area contributed by atoms with Gasteiger partial charge in [-0.2, -0.15) is 0 Å². The van der Waals surface area contributed by atoms with Crippen molar-refractivity contribution in [2.45, 2.75) is 5.16 Å². The van der Waals surface area contributed by atoms with Gasteiger partial charge in [-0.25, -0.2) is 4.40 Å². The topological polar surface area (TPSA) is 70.3 Å². The lowest BCUT2D eigenvalue weighted by Crippen LogP contribution is -2.05. The van der Waals surface area contributed by atoms with E-state index < -0.39 is 11.2 Å². The van der Waals surface area contributed by atoms with Crippen LogP contribution in [0.5, 0.6) is 0 Å². The highest BCUT2D eigenvalue weighted by Crippen LogP contribution is 2.17. The third kappa shape index (κ3) is 1.98. The van der Waals surface area contributed by atoms with Crippen LogP contribution in [0.15, 0.2) is 40.4 Å². The van der Waals surface area contributed by atoms with Crippen LogP contribution in [-0.2, 0) is 11.2 Å². The van der Waals surface area contributed by atoms with E-state index in [0.29, 0.717) is 15.8 Å². The summed E-state index contributed by atoms with van der Waals surface area (Å²) >= 11 is 4.60. The Morgan fingerprint density at radius 3 is 2.84 bits per heavy atom. The minimum atomic E-state index is -1.32. The molecule has 0 amide bonds. The fraction of sp³-hybridized carbons (Fsp3) is 0.0833. The Bertz CT molecular complexity index is 847. The zero-order chi connectivity index (χ0) is 13.6. The van der Waals surface area contributed by atoms with Gasteiger partial charge in [-0.05, 0) is 29.7 Å². The maximum atomic E-state index is 12.4. The molecule has 0 aliphatic carbocycles. The Morgan fingerprint density at radius 1 is 1.32 bits per heavy atom. The zero-order valence-electron chi connectivity index (χ0n) is 9.83. The van der Waals surface area contributed by atoms with Crippen LogP contribution in [0, 0.1) is 0 Å². The summed E-state index contributed by atoms with van der Waals surface area (Å²) in [5, 5.41) is 9.62. The van der Waals surface area contributed by atoms with Crippen LogP contribution in [0.25, 0.3) is 16.4 Å². The summed E-state index contributed by atoms with van der Waals surface area (Å²) in [4.78, 5) is 12.4. The molecule has 0 aliphatic rings. The SMILES string of the molecule is C[S+]([O-])c1nnc2c(=O)c3ccc(Cl)cc3ccn12. The molecule has 1 aromatic carbocycles. The third-order valence-corrected chi connectivity index (χ3v) is 3.81. The van der Waals surface area contributed by atoms with Gasteiger partial charge in [-0.15, -0.1) is 5.10 Å². The molecule has 0 saturated carbocycles. The molecule has 3 aromatic rings. The lowest BCUT2D eigenvalue weighted by atomic mass is 10.2. The fourth-order valence-electron chi connectivity index (χ4n) is 1.92. The summed E-state index contributed by atoms with van der Waals surface area (Å²) in [5.74, 6) is 0. The Morgan fingerprint density at radius 2 is 2.11 bits per heavy atom. The van der Waals surface area contributed by atoms with Gasteiger partial charge in [-0.3, -0.25) is 4.79 Å². The molecular formula is C12H8ClN3O2S. The summed E-state index contributed by atoms with van der Waals surface area (Å²) < 4.78 is 13.0. The predicted octanol–water partition coefficient (Wildman–Crippen LogP) is 1.63. The van der Waals surface area contributed by atoms with E-state index in [1.54, 1.807) is 30.5 Å². The second-order valence-corrected chi connectivity index (χ2v) is 5.72. The van der Waals surface area contributed by atoms with Gasteiger partial charge in [0.05, 0.1) is 0 Å². The highest BCUT2D eigenvalue weighted by Gasteiger charge is 2.16. The molecule has 0 spiro atoms. The molecule has 7 heteroatoms. The first-order chi connectivity index (χ1) is 9.08. The molecule has 3 rings (SSSR count). The molecule has 0 bridgehead atoms. The first kappa shape index (κ1) is 12.4. The van der Waals surface area contributed by atoms with Gasteiger partial charge in [-0.1, -0.05) is 16.7 Å². The van der Waals surface area contributed by atoms with Gasteiger partial charge in [0.15, 0.2) is 0 Å². The van der Waals surface area contributed by atoms with Crippen LogP contribution in [0.1, 0.15) is 0 Å². The molecule has 2 aromatic heterocycles. The molecule has 19 heavy (non-hydrogen) atoms. The van der Waals surface area contributed by atoms with Gasteiger partial charge < -0.3 is 4.55 Å². The van der Waals surface area contributed by atoms with Crippen LogP contribution >= 0.6 is 11.6 Å². The van der Waals surface area contributed by atoms with Gasteiger partial charge in [0.25, 0.3) is 0 Å². The number of hydrogen-bond acceptors (Lipinski definition) is 4. The number of hydrogen-bond donors (Lipinski definition) is 0. The molecule has 0 N–H and O–H groups in total. The Balaban J connectivity index is 2.52. The van der Waals surface area contributed by atoms with Crippen molar-refractivity contribution in [2.75, 3.05) is 6.26 Å². The lowest BCUT2D eigenvalue weighted by Gasteiger charge is -1.98. The molecule has 96 valence electrons. The molecule has 2 heterocycles. The van der Waals surface area contributed by atoms with Crippen LogP contribution in [-0.4, -0.2) is 25.4 Å². The van der Waals surface area contributed by atoms with Crippen LogP contribution in [0.3, 0.4) is 0 Å². The summed E-state index contributed by atoms with van der Waals surface area (Å²) in [7, 11) is 0. The maximum absolute atomic E-state index is 12.4. The number of aromatic nitrogens is 3. The number of rotatable bonds is 1. The molecule has 1 atom stereocenters. The molecule has 0 saturated heterocycles. The summed E-state index contributed by atoms with van der Waals surface area (Å²) in [6, 6.07) is 6.73. The number of halogens is 1. The predicted molar refractivity (Wildman–Crippen MR) is 74.1 cm³/mol. The number of fused-ring (bicyclic) bond motifs is 2. The van der Waals surface area contributed by atoms with E-state index in [2.05, 4.69) is 10.2 Å². The van der Waals surface area contributed by atoms with Gasteiger partial charge >= 0.3 is 5.16 Å².